The Morgan fingerprint density at radius 3 is 1.82 bits per heavy atom. The first-order chi connectivity index (χ1) is 21.4. The Balaban J connectivity index is 0.000000144. The van der Waals surface area contributed by atoms with E-state index in [1.54, 1.807) is 6.20 Å². The minimum atomic E-state index is 0.425. The van der Waals surface area contributed by atoms with E-state index < -0.39 is 0 Å². The van der Waals surface area contributed by atoms with E-state index in [4.69, 9.17) is 0 Å². The van der Waals surface area contributed by atoms with Gasteiger partial charge in [-0.05, 0) is 63.8 Å². The van der Waals surface area contributed by atoms with Crippen molar-refractivity contribution in [1.29, 1.82) is 0 Å². The van der Waals surface area contributed by atoms with Crippen LogP contribution in [0.4, 0.5) is 0 Å². The Kier molecular flexibility index (Phi) is 8.12. The van der Waals surface area contributed by atoms with Gasteiger partial charge in [0.15, 0.2) is 12.6 Å². The summed E-state index contributed by atoms with van der Waals surface area (Å²) in [4.78, 5) is 31.2. The third-order valence-corrected chi connectivity index (χ3v) is 8.44. The van der Waals surface area contributed by atoms with E-state index in [0.717, 1.165) is 51.1 Å². The molecular formula is C34H24BBrN5O2S. The van der Waals surface area contributed by atoms with Gasteiger partial charge in [0, 0.05) is 27.7 Å². The molecule has 4 heterocycles. The van der Waals surface area contributed by atoms with Gasteiger partial charge in [-0.3, -0.25) is 18.4 Å². The molecular weight excluding hydrogens is 633 g/mol. The number of carbonyl (C=O) groups is 2. The van der Waals surface area contributed by atoms with Crippen molar-refractivity contribution in [3.8, 4) is 0 Å². The summed E-state index contributed by atoms with van der Waals surface area (Å²) in [7, 11) is 4.34. The Morgan fingerprint density at radius 1 is 0.727 bits per heavy atom. The molecule has 7 nitrogen and oxygen atoms in total. The second kappa shape index (κ2) is 12.1. The van der Waals surface area contributed by atoms with Crippen LogP contribution in [0.3, 0.4) is 0 Å². The van der Waals surface area contributed by atoms with Gasteiger partial charge in [-0.25, -0.2) is 9.97 Å². The summed E-state index contributed by atoms with van der Waals surface area (Å²) in [5.41, 5.74) is 7.09. The number of nitrogens with zero attached hydrogens (tertiary/aromatic N) is 5. The van der Waals surface area contributed by atoms with E-state index in [-0.39, 0.29) is 0 Å². The number of fused-ring (bicyclic) bond motifs is 12. The number of aldehydes is 2. The number of aryl methyl sites for hydroxylation is 2. The summed E-state index contributed by atoms with van der Waals surface area (Å²) in [6.45, 7) is 4.21. The predicted octanol–water partition coefficient (Wildman–Crippen LogP) is 8.47. The zero-order chi connectivity index (χ0) is 31.0. The molecule has 0 unspecified atom stereocenters. The van der Waals surface area contributed by atoms with Crippen LogP contribution in [0.25, 0.3) is 54.6 Å². The minimum absolute atomic E-state index is 0.425. The second-order valence-corrected chi connectivity index (χ2v) is 11.2. The van der Waals surface area contributed by atoms with Crippen LogP contribution in [0.15, 0.2) is 100 Å². The maximum absolute atomic E-state index is 11.2. The number of pyridine rings is 2. The molecule has 0 saturated heterocycles. The second-order valence-electron chi connectivity index (χ2n) is 10.2. The first-order valence-corrected chi connectivity index (χ1v) is 14.8. The van der Waals surface area contributed by atoms with Gasteiger partial charge in [0.2, 0.25) is 0 Å². The van der Waals surface area contributed by atoms with Crippen molar-refractivity contribution in [2.45, 2.75) is 13.8 Å². The van der Waals surface area contributed by atoms with E-state index in [2.05, 4.69) is 107 Å². The molecule has 0 fully saturated rings. The molecule has 4 aromatic carbocycles. The standard InChI is InChI=1S/C17H11BrN2O.C17H12N2O.BHNS/c1-10-5-4-8-14-15(10)11-6-2-3-7-12(11)17-19-13(9-21)16(18)20(14)17;1-11-5-4-8-15-16(11)13-6-2-3-7-14(13)17-18-12(10-20)9-19(15)17;1-2-3/h2-9H,1H3;2-10H,1H3;3H. The number of carbonyl (C=O) groups excluding carboxylic acids is 2. The van der Waals surface area contributed by atoms with Gasteiger partial charge in [-0.1, -0.05) is 72.8 Å². The zero-order valence-electron chi connectivity index (χ0n) is 23.8. The van der Waals surface area contributed by atoms with Crippen molar-refractivity contribution < 1.29 is 9.59 Å². The molecule has 0 aliphatic carbocycles. The average molecular weight is 657 g/mol. The van der Waals surface area contributed by atoms with Crippen molar-refractivity contribution in [2.24, 2.45) is 4.30 Å². The Morgan fingerprint density at radius 2 is 1.25 bits per heavy atom. The van der Waals surface area contributed by atoms with Crippen molar-refractivity contribution in [1.82, 2.24) is 18.8 Å². The summed E-state index contributed by atoms with van der Waals surface area (Å²) in [5, 5.41) is 6.86. The molecule has 0 saturated carbocycles. The van der Waals surface area contributed by atoms with Gasteiger partial charge in [-0.15, -0.1) is 0 Å². The number of rotatable bonds is 2. The first kappa shape index (κ1) is 29.4. The Labute approximate surface area is 267 Å². The molecule has 0 bridgehead atoms. The molecule has 0 amide bonds. The van der Waals surface area contributed by atoms with Crippen molar-refractivity contribution in [2.75, 3.05) is 0 Å². The molecule has 0 aliphatic heterocycles. The average Bonchev–Trinajstić information content (AvgIpc) is 3.64. The summed E-state index contributed by atoms with van der Waals surface area (Å²) >= 11 is 6.70. The third-order valence-electron chi connectivity index (χ3n) is 7.68. The van der Waals surface area contributed by atoms with Gasteiger partial charge < -0.3 is 0 Å². The summed E-state index contributed by atoms with van der Waals surface area (Å²) in [6.07, 6.45) is 3.38. The molecule has 4 aromatic heterocycles. The van der Waals surface area contributed by atoms with Gasteiger partial charge in [0.1, 0.15) is 27.3 Å². The molecule has 10 heteroatoms. The fraction of sp³-hybridized carbons (Fsp3) is 0.0588. The quantitative estimate of drug-likeness (QED) is 0.0876. The molecule has 44 heavy (non-hydrogen) atoms. The zero-order valence-corrected chi connectivity index (χ0v) is 26.3. The number of thiol groups is 1. The van der Waals surface area contributed by atoms with E-state index in [0.29, 0.717) is 16.0 Å². The molecule has 1 radical (unpaired) electrons. The van der Waals surface area contributed by atoms with E-state index in [9.17, 15) is 9.59 Å². The molecule has 0 atom stereocenters. The monoisotopic (exact) mass is 656 g/mol. The van der Waals surface area contributed by atoms with Crippen LogP contribution in [0.1, 0.15) is 32.1 Å². The van der Waals surface area contributed by atoms with Crippen LogP contribution >= 0.6 is 28.7 Å². The van der Waals surface area contributed by atoms with Crippen molar-refractivity contribution in [3.05, 3.63) is 118 Å². The van der Waals surface area contributed by atoms with E-state index >= 15 is 0 Å². The summed E-state index contributed by atoms with van der Waals surface area (Å²) in [5.74, 6) is 0. The number of imidazole rings is 2. The summed E-state index contributed by atoms with van der Waals surface area (Å²) in [6, 6.07) is 28.8. The number of benzene rings is 4. The molecule has 0 spiro atoms. The topological polar surface area (TPSA) is 81.1 Å². The van der Waals surface area contributed by atoms with Crippen molar-refractivity contribution in [3.63, 3.8) is 0 Å². The molecule has 0 aliphatic rings. The van der Waals surface area contributed by atoms with Gasteiger partial charge in [-0.2, -0.15) is 0 Å². The predicted molar refractivity (Wildman–Crippen MR) is 186 cm³/mol. The Hall–Kier alpha value is -4.67. The molecule has 0 N–H and O–H groups in total. The fourth-order valence-corrected chi connectivity index (χ4v) is 6.45. The van der Waals surface area contributed by atoms with Crippen LogP contribution < -0.4 is 0 Å². The fourth-order valence-electron chi connectivity index (χ4n) is 5.91. The van der Waals surface area contributed by atoms with Crippen LogP contribution in [-0.2, 0) is 0 Å². The first-order valence-electron chi connectivity index (χ1n) is 13.6. The van der Waals surface area contributed by atoms with Gasteiger partial charge >= 0.3 is 24.8 Å². The molecule has 8 rings (SSSR count). The summed E-state index contributed by atoms with van der Waals surface area (Å²) < 4.78 is 7.41. The van der Waals surface area contributed by atoms with Gasteiger partial charge in [0.25, 0.3) is 0 Å². The van der Waals surface area contributed by atoms with Crippen LogP contribution in [0.2, 0.25) is 0 Å². The van der Waals surface area contributed by atoms with Gasteiger partial charge in [0.05, 0.1) is 11.0 Å². The van der Waals surface area contributed by atoms with Crippen LogP contribution in [-0.4, -0.2) is 39.0 Å². The number of hydrogen-bond acceptors (Lipinski definition) is 6. The molecule has 213 valence electrons. The third kappa shape index (κ3) is 4.80. The number of halogens is 1. The van der Waals surface area contributed by atoms with Crippen molar-refractivity contribution >= 4 is 104 Å². The van der Waals surface area contributed by atoms with Crippen LogP contribution in [0, 0.1) is 13.8 Å². The SMILES string of the molecule is Cc1cccc2c1c1ccccc1c1nc(C=O)c(Br)n21.Cc1cccc2c1c1ccccc1c1nc(C=O)cn21.[B]=NS. The normalized spacial score (nSPS) is 11.0. The van der Waals surface area contributed by atoms with E-state index in [1.165, 1.54) is 27.3 Å². The van der Waals surface area contributed by atoms with E-state index in [1.807, 2.05) is 51.3 Å². The maximum atomic E-state index is 11.2. The molecule has 8 aromatic rings. The van der Waals surface area contributed by atoms with Crippen LogP contribution in [0.5, 0.6) is 0 Å². The Bertz CT molecular complexity index is 2420. The number of hydrogen-bond donors (Lipinski definition) is 1. The number of aromatic nitrogens is 4.